The van der Waals surface area contributed by atoms with E-state index in [2.05, 4.69) is 0 Å². The van der Waals surface area contributed by atoms with Crippen molar-refractivity contribution >= 4 is 12.0 Å². The highest BCUT2D eigenvalue weighted by Gasteiger charge is 2.38. The summed E-state index contributed by atoms with van der Waals surface area (Å²) in [5.74, 6) is 2.06. The molecule has 0 spiro atoms. The average molecular weight is 677 g/mol. The van der Waals surface area contributed by atoms with Crippen molar-refractivity contribution in [2.24, 2.45) is 5.92 Å². The molecule has 1 fully saturated rings. The Labute approximate surface area is 291 Å². The van der Waals surface area contributed by atoms with E-state index in [0.717, 1.165) is 5.56 Å². The maximum Gasteiger partial charge on any atom is 0.410 e. The van der Waals surface area contributed by atoms with Gasteiger partial charge in [-0.05, 0) is 76.9 Å². The molecule has 0 bridgehead atoms. The average Bonchev–Trinajstić information content (AvgIpc) is 3.08. The zero-order valence-corrected chi connectivity index (χ0v) is 30.0. The summed E-state index contributed by atoms with van der Waals surface area (Å²) in [7, 11) is 3.22. The Balaban J connectivity index is 1.55. The molecule has 266 valence electrons. The van der Waals surface area contributed by atoms with Gasteiger partial charge in [-0.1, -0.05) is 42.5 Å². The van der Waals surface area contributed by atoms with Crippen molar-refractivity contribution in [2.45, 2.75) is 71.8 Å². The van der Waals surface area contributed by atoms with Crippen molar-refractivity contribution in [1.82, 2.24) is 9.80 Å². The maximum absolute atomic E-state index is 14.3. The molecular weight excluding hydrogens is 624 g/mol. The maximum atomic E-state index is 14.3. The van der Waals surface area contributed by atoms with E-state index in [0.29, 0.717) is 80.9 Å². The van der Waals surface area contributed by atoms with Crippen LogP contribution in [0, 0.1) is 5.92 Å². The summed E-state index contributed by atoms with van der Waals surface area (Å²) in [6.45, 7) is 12.0. The van der Waals surface area contributed by atoms with E-state index in [4.69, 9.17) is 28.4 Å². The molecule has 0 saturated carbocycles. The van der Waals surface area contributed by atoms with Gasteiger partial charge in [-0.25, -0.2) is 4.79 Å². The number of methoxy groups -OCH3 is 2. The first-order chi connectivity index (χ1) is 23.5. The lowest BCUT2D eigenvalue weighted by Crippen LogP contribution is -2.57. The molecule has 0 radical (unpaired) electrons. The number of likely N-dealkylation sites (tertiary alicyclic amines) is 1. The number of carbonyl (C=O) groups excluding carboxylic acids is 2. The predicted octanol–water partition coefficient (Wildman–Crippen LogP) is 7.24. The van der Waals surface area contributed by atoms with Crippen molar-refractivity contribution in [3.8, 4) is 23.0 Å². The molecule has 1 heterocycles. The van der Waals surface area contributed by atoms with Gasteiger partial charge in [-0.15, -0.1) is 0 Å². The minimum absolute atomic E-state index is 0.0851. The molecule has 0 aromatic heterocycles. The fraction of sp³-hybridized carbons (Fsp3) is 0.487. The van der Waals surface area contributed by atoms with Crippen LogP contribution >= 0.6 is 0 Å². The van der Waals surface area contributed by atoms with E-state index in [-0.39, 0.29) is 23.9 Å². The Bertz CT molecular complexity index is 1490. The van der Waals surface area contributed by atoms with E-state index in [9.17, 15) is 9.59 Å². The van der Waals surface area contributed by atoms with E-state index in [1.165, 1.54) is 0 Å². The standard InChI is InChI=1S/C39H52N2O8/c1-28(2)41(37(42)31-18-19-33(45-7)36(23-31)46-21-13-20-44-6)32-22-30(24-40(25-32)38(43)49-39(3,4)5)27-48-35-17-12-11-16-34(35)47-26-29-14-9-8-10-15-29/h8-12,14-19,23,28,30,32H,13,20-22,24-27H2,1-7H3/t30-,32?/m0/s1. The summed E-state index contributed by atoms with van der Waals surface area (Å²) in [5.41, 5.74) is 0.866. The first-order valence-corrected chi connectivity index (χ1v) is 17.0. The first kappa shape index (κ1) is 37.4. The molecule has 1 aliphatic rings. The zero-order chi connectivity index (χ0) is 35.4. The molecule has 1 aliphatic heterocycles. The second-order valence-electron chi connectivity index (χ2n) is 13.5. The molecule has 10 nitrogen and oxygen atoms in total. The zero-order valence-electron chi connectivity index (χ0n) is 30.0. The van der Waals surface area contributed by atoms with Crippen LogP contribution in [-0.4, -0.2) is 86.6 Å². The molecule has 0 aliphatic carbocycles. The minimum atomic E-state index is -0.665. The molecule has 4 rings (SSSR count). The molecule has 1 unspecified atom stereocenters. The molecule has 2 atom stereocenters. The van der Waals surface area contributed by atoms with Gasteiger partial charge in [0.2, 0.25) is 0 Å². The van der Waals surface area contributed by atoms with Gasteiger partial charge in [0.25, 0.3) is 5.91 Å². The summed E-state index contributed by atoms with van der Waals surface area (Å²) in [5, 5.41) is 0. The Morgan fingerprint density at radius 2 is 1.53 bits per heavy atom. The number of carbonyl (C=O) groups is 2. The number of para-hydroxylation sites is 2. The van der Waals surface area contributed by atoms with Crippen molar-refractivity contribution in [3.05, 3.63) is 83.9 Å². The summed E-state index contributed by atoms with van der Waals surface area (Å²) >= 11 is 0. The highest BCUT2D eigenvalue weighted by Crippen LogP contribution is 2.33. The quantitative estimate of drug-likeness (QED) is 0.156. The number of ether oxygens (including phenoxy) is 6. The third-order valence-electron chi connectivity index (χ3n) is 8.07. The number of amides is 2. The fourth-order valence-electron chi connectivity index (χ4n) is 5.88. The van der Waals surface area contributed by atoms with Crippen molar-refractivity contribution in [2.75, 3.05) is 47.1 Å². The van der Waals surface area contributed by atoms with Crippen LogP contribution in [0.4, 0.5) is 4.79 Å². The predicted molar refractivity (Wildman–Crippen MR) is 189 cm³/mol. The Morgan fingerprint density at radius 1 is 0.837 bits per heavy atom. The number of hydrogen-bond acceptors (Lipinski definition) is 8. The van der Waals surface area contributed by atoms with Crippen molar-refractivity contribution < 1.29 is 38.0 Å². The Hall–Kier alpha value is -4.44. The molecule has 3 aromatic carbocycles. The fourth-order valence-corrected chi connectivity index (χ4v) is 5.88. The smallest absolute Gasteiger partial charge is 0.410 e. The molecule has 49 heavy (non-hydrogen) atoms. The normalized spacial score (nSPS) is 16.2. The van der Waals surface area contributed by atoms with E-state index in [1.807, 2.05) is 94.1 Å². The van der Waals surface area contributed by atoms with Crippen LogP contribution in [0.1, 0.15) is 63.4 Å². The molecule has 3 aromatic rings. The second-order valence-corrected chi connectivity index (χ2v) is 13.5. The number of rotatable bonds is 15. The summed E-state index contributed by atoms with van der Waals surface area (Å²) in [4.78, 5) is 31.3. The van der Waals surface area contributed by atoms with Crippen LogP contribution in [0.2, 0.25) is 0 Å². The third kappa shape index (κ3) is 11.0. The van der Waals surface area contributed by atoms with Crippen LogP contribution in [0.3, 0.4) is 0 Å². The largest absolute Gasteiger partial charge is 0.493 e. The number of piperidine rings is 1. The van der Waals surface area contributed by atoms with Gasteiger partial charge < -0.3 is 38.2 Å². The summed E-state index contributed by atoms with van der Waals surface area (Å²) in [6.07, 6.45) is 0.916. The molecule has 1 saturated heterocycles. The van der Waals surface area contributed by atoms with Crippen LogP contribution < -0.4 is 18.9 Å². The number of hydrogen-bond donors (Lipinski definition) is 0. The van der Waals surface area contributed by atoms with Crippen LogP contribution in [0.5, 0.6) is 23.0 Å². The topological polar surface area (TPSA) is 96.0 Å². The molecule has 10 heteroatoms. The molecule has 0 N–H and O–H groups in total. The van der Waals surface area contributed by atoms with Crippen LogP contribution in [0.25, 0.3) is 0 Å². The lowest BCUT2D eigenvalue weighted by Gasteiger charge is -2.44. The molecular formula is C39H52N2O8. The minimum Gasteiger partial charge on any atom is -0.493 e. The lowest BCUT2D eigenvalue weighted by atomic mass is 9.92. The van der Waals surface area contributed by atoms with Gasteiger partial charge in [-0.3, -0.25) is 4.79 Å². The third-order valence-corrected chi connectivity index (χ3v) is 8.07. The lowest BCUT2D eigenvalue weighted by molar-refractivity contribution is -0.00564. The highest BCUT2D eigenvalue weighted by atomic mass is 16.6. The Kier molecular flexibility index (Phi) is 13.6. The van der Waals surface area contributed by atoms with E-state index in [1.54, 1.807) is 37.3 Å². The summed E-state index contributed by atoms with van der Waals surface area (Å²) < 4.78 is 34.9. The van der Waals surface area contributed by atoms with Crippen molar-refractivity contribution in [3.63, 3.8) is 0 Å². The van der Waals surface area contributed by atoms with Gasteiger partial charge >= 0.3 is 6.09 Å². The van der Waals surface area contributed by atoms with Crippen molar-refractivity contribution in [1.29, 1.82) is 0 Å². The van der Waals surface area contributed by atoms with Gasteiger partial charge in [0.05, 0.1) is 26.4 Å². The monoisotopic (exact) mass is 676 g/mol. The second kappa shape index (κ2) is 17.8. The van der Waals surface area contributed by atoms with Gasteiger partial charge in [-0.2, -0.15) is 0 Å². The summed E-state index contributed by atoms with van der Waals surface area (Å²) in [6, 6.07) is 22.3. The highest BCUT2D eigenvalue weighted by molar-refractivity contribution is 5.95. The Morgan fingerprint density at radius 3 is 2.18 bits per heavy atom. The first-order valence-electron chi connectivity index (χ1n) is 17.0. The SMILES string of the molecule is COCCCOc1cc(C(=O)N(C(C)C)C2C[C@H](COc3ccccc3OCc3ccccc3)CN(C(=O)OC(C)(C)C)C2)ccc1OC. The number of benzene rings is 3. The van der Waals surface area contributed by atoms with Crippen LogP contribution in [-0.2, 0) is 16.1 Å². The van der Waals surface area contributed by atoms with Gasteiger partial charge in [0.1, 0.15) is 12.2 Å². The van der Waals surface area contributed by atoms with E-state index >= 15 is 0 Å². The van der Waals surface area contributed by atoms with Gasteiger partial charge in [0.15, 0.2) is 23.0 Å². The number of nitrogens with zero attached hydrogens (tertiary/aromatic N) is 2. The van der Waals surface area contributed by atoms with E-state index < -0.39 is 11.7 Å². The van der Waals surface area contributed by atoms with Crippen LogP contribution in [0.15, 0.2) is 72.8 Å². The van der Waals surface area contributed by atoms with Gasteiger partial charge in [0, 0.05) is 50.8 Å². The molecule has 2 amide bonds.